The number of aromatic nitrogens is 1. The Kier molecular flexibility index (Phi) is 10.5. The molecule has 2 aromatic rings. The van der Waals surface area contributed by atoms with E-state index in [0.717, 1.165) is 32.1 Å². The molecule has 2 saturated carbocycles. The summed E-state index contributed by atoms with van der Waals surface area (Å²) in [6, 6.07) is 3.72. The number of likely N-dealkylation sites (tertiary alicyclic amines) is 1. The van der Waals surface area contributed by atoms with Gasteiger partial charge in [0.1, 0.15) is 23.8 Å². The third-order valence-electron chi connectivity index (χ3n) is 9.83. The zero-order chi connectivity index (χ0) is 33.0. The van der Waals surface area contributed by atoms with Crippen LogP contribution >= 0.6 is 0 Å². The van der Waals surface area contributed by atoms with Crippen molar-refractivity contribution in [2.45, 2.75) is 103 Å². The van der Waals surface area contributed by atoms with Crippen molar-refractivity contribution in [2.24, 2.45) is 23.7 Å². The van der Waals surface area contributed by atoms with Gasteiger partial charge in [0.15, 0.2) is 5.58 Å². The molecular weight excluding hydrogens is 595 g/mol. The molecular formula is C34H47FN4O7. The summed E-state index contributed by atoms with van der Waals surface area (Å²) in [5, 5.41) is 5.70. The van der Waals surface area contributed by atoms with Gasteiger partial charge < -0.3 is 29.4 Å². The van der Waals surface area contributed by atoms with Crippen LogP contribution in [-0.4, -0.2) is 71.8 Å². The summed E-state index contributed by atoms with van der Waals surface area (Å²) in [6.45, 7) is 5.10. The lowest BCUT2D eigenvalue weighted by Crippen LogP contribution is -2.50. The second-order valence-electron chi connectivity index (χ2n) is 14.0. The maximum absolute atomic E-state index is 14.1. The van der Waals surface area contributed by atoms with Gasteiger partial charge in [-0.3, -0.25) is 9.59 Å². The number of nitrogens with zero attached hydrogens (tertiary/aromatic N) is 2. The monoisotopic (exact) mass is 642 g/mol. The van der Waals surface area contributed by atoms with E-state index in [9.17, 15) is 23.6 Å². The van der Waals surface area contributed by atoms with Crippen molar-refractivity contribution in [1.82, 2.24) is 15.2 Å². The van der Waals surface area contributed by atoms with Crippen LogP contribution in [0.5, 0.6) is 0 Å². The Morgan fingerprint density at radius 2 is 1.76 bits per heavy atom. The fourth-order valence-electron chi connectivity index (χ4n) is 7.59. The Balaban J connectivity index is 1.27. The topological polar surface area (TPSA) is 140 Å². The Morgan fingerprint density at radius 1 is 1.04 bits per heavy atom. The van der Waals surface area contributed by atoms with Crippen LogP contribution in [0, 0.1) is 23.7 Å². The van der Waals surface area contributed by atoms with Gasteiger partial charge in [0.05, 0.1) is 13.2 Å². The first-order valence-electron chi connectivity index (χ1n) is 16.6. The number of esters is 1. The van der Waals surface area contributed by atoms with Gasteiger partial charge in [-0.25, -0.2) is 19.0 Å². The molecule has 0 spiro atoms. The highest BCUT2D eigenvalue weighted by molar-refractivity contribution is 5.99. The maximum atomic E-state index is 14.1. The highest BCUT2D eigenvalue weighted by Gasteiger charge is 2.47. The number of benzene rings is 1. The largest absolute Gasteiger partial charge is 0.462 e. The fourth-order valence-corrected chi connectivity index (χ4v) is 7.59. The Hall–Kier alpha value is -3.70. The van der Waals surface area contributed by atoms with E-state index in [1.165, 1.54) is 13.5 Å². The third-order valence-corrected chi connectivity index (χ3v) is 9.83. The van der Waals surface area contributed by atoms with Gasteiger partial charge in [-0.15, -0.1) is 0 Å². The van der Waals surface area contributed by atoms with Crippen LogP contribution in [0.4, 0.5) is 14.9 Å². The van der Waals surface area contributed by atoms with E-state index in [1.807, 2.05) is 0 Å². The quantitative estimate of drug-likeness (QED) is 0.333. The van der Waals surface area contributed by atoms with E-state index in [0.29, 0.717) is 54.9 Å². The van der Waals surface area contributed by atoms with Crippen LogP contribution in [0.25, 0.3) is 11.1 Å². The summed E-state index contributed by atoms with van der Waals surface area (Å²) < 4.78 is 29.6. The molecule has 1 aromatic carbocycles. The van der Waals surface area contributed by atoms with Crippen molar-refractivity contribution in [3.05, 3.63) is 24.1 Å². The van der Waals surface area contributed by atoms with Crippen molar-refractivity contribution in [1.29, 1.82) is 0 Å². The zero-order valence-electron chi connectivity index (χ0n) is 27.3. The highest BCUT2D eigenvalue weighted by Crippen LogP contribution is 2.41. The summed E-state index contributed by atoms with van der Waals surface area (Å²) in [7, 11) is 1.25. The molecule has 2 N–H and O–H groups in total. The van der Waals surface area contributed by atoms with Gasteiger partial charge in [-0.2, -0.15) is 0 Å². The number of nitrogens with one attached hydrogen (secondary N) is 2. The second-order valence-corrected chi connectivity index (χ2v) is 14.0. The van der Waals surface area contributed by atoms with Gasteiger partial charge in [-0.1, -0.05) is 32.1 Å². The van der Waals surface area contributed by atoms with Crippen molar-refractivity contribution < 1.29 is 37.5 Å². The molecule has 12 heteroatoms. The van der Waals surface area contributed by atoms with E-state index in [-0.39, 0.29) is 35.5 Å². The molecule has 3 fully saturated rings. The van der Waals surface area contributed by atoms with Gasteiger partial charge in [0, 0.05) is 24.2 Å². The van der Waals surface area contributed by atoms with Gasteiger partial charge in [0.25, 0.3) is 0 Å². The summed E-state index contributed by atoms with van der Waals surface area (Å²) in [5.74, 6) is -1.04. The Morgan fingerprint density at radius 3 is 2.41 bits per heavy atom. The first kappa shape index (κ1) is 33.7. The van der Waals surface area contributed by atoms with E-state index in [1.54, 1.807) is 43.9 Å². The fraction of sp³-hybridized carbons (Fsp3) is 0.676. The summed E-state index contributed by atoms with van der Waals surface area (Å²) in [6.07, 6.45) is 8.03. The maximum Gasteiger partial charge on any atom is 0.407 e. The van der Waals surface area contributed by atoms with Crippen LogP contribution in [-0.2, 0) is 19.1 Å². The first-order chi connectivity index (χ1) is 22.0. The number of alkyl halides is 1. The number of amides is 3. The van der Waals surface area contributed by atoms with Crippen molar-refractivity contribution in [3.63, 3.8) is 0 Å². The molecule has 5 rings (SSSR count). The lowest BCUT2D eigenvalue weighted by Gasteiger charge is -2.37. The molecule has 0 bridgehead atoms. The number of rotatable bonds is 8. The number of ether oxygens (including phenoxy) is 2. The minimum Gasteiger partial charge on any atom is -0.462 e. The van der Waals surface area contributed by atoms with Gasteiger partial charge >= 0.3 is 18.0 Å². The molecule has 1 aliphatic heterocycles. The van der Waals surface area contributed by atoms with E-state index < -0.39 is 36.4 Å². The lowest BCUT2D eigenvalue weighted by atomic mass is 9.76. The second kappa shape index (κ2) is 14.4. The van der Waals surface area contributed by atoms with Crippen LogP contribution in [0.2, 0.25) is 0 Å². The number of hydrogen-bond donors (Lipinski definition) is 2. The summed E-state index contributed by atoms with van der Waals surface area (Å²) >= 11 is 0. The van der Waals surface area contributed by atoms with Crippen LogP contribution < -0.4 is 10.6 Å². The number of halogens is 1. The number of alkyl carbamates (subject to hydrolysis) is 1. The molecule has 1 aromatic heterocycles. The summed E-state index contributed by atoms with van der Waals surface area (Å²) in [5.41, 5.74) is 0.607. The van der Waals surface area contributed by atoms with Crippen LogP contribution in [0.3, 0.4) is 0 Å². The number of carbonyl (C=O) groups excluding carboxylic acids is 4. The molecule has 11 nitrogen and oxygen atoms in total. The smallest absolute Gasteiger partial charge is 0.407 e. The molecule has 3 aliphatic rings. The minimum atomic E-state index is -0.705. The van der Waals surface area contributed by atoms with Gasteiger partial charge in [0.2, 0.25) is 11.8 Å². The molecule has 0 unspecified atom stereocenters. The lowest BCUT2D eigenvalue weighted by molar-refractivity contribution is -0.142. The molecule has 3 atom stereocenters. The van der Waals surface area contributed by atoms with E-state index in [4.69, 9.17) is 13.9 Å². The average Bonchev–Trinajstić information content (AvgIpc) is 3.67. The molecule has 3 amide bonds. The van der Waals surface area contributed by atoms with Crippen LogP contribution in [0.1, 0.15) is 95.7 Å². The first-order valence-corrected chi connectivity index (χ1v) is 16.6. The standard InChI is InChI=1S/C34H47FN4O7/c1-34(2,3)46-33(43)38-26(19-35)21-10-12-22(13-11-21)31(41)39-17-16-24(20-8-6-5-7-9-20)28(39)29(40)36-23-14-15-25-27(18-23)45-30(37-25)32(42)44-4/h14-15,18,20-22,24,26,28H,5-13,16-17,19H2,1-4H3,(H,36,40)(H,38,43)/t21-,22-,24-,26+,28-/m0/s1. The Labute approximate surface area is 269 Å². The van der Waals surface area contributed by atoms with Gasteiger partial charge in [-0.05, 0) is 82.8 Å². The molecule has 2 heterocycles. The number of fused-ring (bicyclic) bond motifs is 1. The molecule has 1 saturated heterocycles. The van der Waals surface area contributed by atoms with Crippen molar-refractivity contribution in [3.8, 4) is 0 Å². The molecule has 2 aliphatic carbocycles. The van der Waals surface area contributed by atoms with Crippen molar-refractivity contribution in [2.75, 3.05) is 25.6 Å². The predicted octanol–water partition coefficient (Wildman–Crippen LogP) is 6.02. The Bertz CT molecular complexity index is 1410. The highest BCUT2D eigenvalue weighted by atomic mass is 19.1. The third kappa shape index (κ3) is 7.81. The number of carbonyl (C=O) groups is 4. The number of hydrogen-bond acceptors (Lipinski definition) is 8. The van der Waals surface area contributed by atoms with E-state index >= 15 is 0 Å². The molecule has 46 heavy (non-hydrogen) atoms. The predicted molar refractivity (Wildman–Crippen MR) is 169 cm³/mol. The van der Waals surface area contributed by atoms with E-state index in [2.05, 4.69) is 15.6 Å². The normalized spacial score (nSPS) is 24.8. The van der Waals surface area contributed by atoms with Crippen molar-refractivity contribution >= 4 is 40.7 Å². The molecule has 252 valence electrons. The average molecular weight is 643 g/mol. The SMILES string of the molecule is COC(=O)c1nc2ccc(NC(=O)[C@@H]3[C@H](C4CCCCC4)CCN3C(=O)[C@H]3CC[C@H]([C@@H](CF)NC(=O)OC(C)(C)C)CC3)cc2o1. The number of methoxy groups -OCH3 is 1. The zero-order valence-corrected chi connectivity index (χ0v) is 27.3. The van der Waals surface area contributed by atoms with Crippen LogP contribution in [0.15, 0.2) is 22.6 Å². The molecule has 0 radical (unpaired) electrons. The summed E-state index contributed by atoms with van der Waals surface area (Å²) in [4.78, 5) is 58.2. The minimum absolute atomic E-state index is 0.0257. The number of anilines is 1. The number of oxazole rings is 1.